The van der Waals surface area contributed by atoms with Gasteiger partial charge in [-0.25, -0.2) is 0 Å². The second-order valence-corrected chi connectivity index (χ2v) is 6.78. The van der Waals surface area contributed by atoms with Crippen LogP contribution in [0.15, 0.2) is 22.7 Å². The van der Waals surface area contributed by atoms with Crippen LogP contribution in [-0.4, -0.2) is 22.5 Å². The van der Waals surface area contributed by atoms with Crippen LogP contribution in [0.3, 0.4) is 0 Å². The van der Waals surface area contributed by atoms with Gasteiger partial charge in [0.2, 0.25) is 0 Å². The summed E-state index contributed by atoms with van der Waals surface area (Å²) in [5.41, 5.74) is -0.171. The summed E-state index contributed by atoms with van der Waals surface area (Å²) in [7, 11) is 0. The molecule has 1 aromatic rings. The van der Waals surface area contributed by atoms with Crippen LogP contribution in [0.4, 0.5) is 0 Å². The molecule has 1 saturated carbocycles. The number of carbonyl (C=O) groups excluding carboxylic acids is 1. The fourth-order valence-corrected chi connectivity index (χ4v) is 3.71. The monoisotopic (exact) mass is 373 g/mol. The zero-order chi connectivity index (χ0) is 15.5. The van der Waals surface area contributed by atoms with E-state index in [0.717, 1.165) is 19.3 Å². The quantitative estimate of drug-likeness (QED) is 0.837. The average Bonchev–Trinajstić information content (AvgIpc) is 2.38. The molecule has 1 aromatic carbocycles. The lowest BCUT2D eigenvalue weighted by Crippen LogP contribution is -2.51. The van der Waals surface area contributed by atoms with Crippen LogP contribution in [0.2, 0.25) is 5.02 Å². The molecule has 21 heavy (non-hydrogen) atoms. The second-order valence-electron chi connectivity index (χ2n) is 5.49. The molecule has 0 bridgehead atoms. The Morgan fingerprint density at radius 1 is 1.29 bits per heavy atom. The van der Waals surface area contributed by atoms with Crippen molar-refractivity contribution in [3.8, 4) is 0 Å². The predicted molar refractivity (Wildman–Crippen MR) is 84.7 cm³/mol. The van der Waals surface area contributed by atoms with Crippen LogP contribution >= 0.6 is 27.5 Å². The first-order valence-electron chi connectivity index (χ1n) is 6.91. The number of amides is 1. The Kier molecular flexibility index (Phi) is 5.27. The number of hydrogen-bond acceptors (Lipinski definition) is 2. The third-order valence-electron chi connectivity index (χ3n) is 3.85. The minimum absolute atomic E-state index is 0.0377. The normalized spacial score (nSPS) is 17.2. The molecule has 4 nitrogen and oxygen atoms in total. The standard InChI is InChI=1S/C15H17BrClNO3/c16-12-8-10(17)4-5-11(12)14(21)18-15(9-13(19)20)6-2-1-3-7-15/h4-5,8H,1-3,6-7,9H2,(H,18,21)(H,19,20). The summed E-state index contributed by atoms with van der Waals surface area (Å²) in [6.07, 6.45) is 4.34. The Labute approximate surface area is 137 Å². The molecular formula is C15H17BrClNO3. The smallest absolute Gasteiger partial charge is 0.305 e. The van der Waals surface area contributed by atoms with Crippen molar-refractivity contribution >= 4 is 39.4 Å². The Morgan fingerprint density at radius 3 is 2.52 bits per heavy atom. The highest BCUT2D eigenvalue weighted by Crippen LogP contribution is 2.32. The summed E-state index contributed by atoms with van der Waals surface area (Å²) in [4.78, 5) is 23.6. The minimum atomic E-state index is -0.882. The lowest BCUT2D eigenvalue weighted by atomic mass is 9.79. The van der Waals surface area contributed by atoms with Gasteiger partial charge in [0.15, 0.2) is 0 Å². The molecular weight excluding hydrogens is 358 g/mol. The number of carboxylic acids is 1. The van der Waals surface area contributed by atoms with Crippen LogP contribution < -0.4 is 5.32 Å². The van der Waals surface area contributed by atoms with Gasteiger partial charge in [0, 0.05) is 9.50 Å². The molecule has 0 spiro atoms. The second kappa shape index (κ2) is 6.79. The van der Waals surface area contributed by atoms with Crippen molar-refractivity contribution in [3.05, 3.63) is 33.3 Å². The van der Waals surface area contributed by atoms with E-state index in [-0.39, 0.29) is 12.3 Å². The van der Waals surface area contributed by atoms with E-state index in [0.29, 0.717) is 27.9 Å². The third-order valence-corrected chi connectivity index (χ3v) is 4.75. The highest BCUT2D eigenvalue weighted by Gasteiger charge is 2.36. The SMILES string of the molecule is O=C(O)CC1(NC(=O)c2ccc(Cl)cc2Br)CCCCC1. The summed E-state index contributed by atoms with van der Waals surface area (Å²) >= 11 is 9.19. The number of aliphatic carboxylic acids is 1. The van der Waals surface area contributed by atoms with Gasteiger partial charge in [-0.05, 0) is 47.0 Å². The van der Waals surface area contributed by atoms with Gasteiger partial charge in [-0.1, -0.05) is 30.9 Å². The highest BCUT2D eigenvalue weighted by atomic mass is 79.9. The summed E-state index contributed by atoms with van der Waals surface area (Å²) in [5, 5.41) is 12.6. The van der Waals surface area contributed by atoms with Crippen molar-refractivity contribution in [1.29, 1.82) is 0 Å². The van der Waals surface area contributed by atoms with E-state index in [1.54, 1.807) is 18.2 Å². The Balaban J connectivity index is 2.19. The molecule has 0 atom stereocenters. The molecule has 2 N–H and O–H groups in total. The maximum Gasteiger partial charge on any atom is 0.305 e. The summed E-state index contributed by atoms with van der Waals surface area (Å²) in [6, 6.07) is 4.94. The van der Waals surface area contributed by atoms with E-state index in [1.165, 1.54) is 0 Å². The van der Waals surface area contributed by atoms with Crippen LogP contribution in [-0.2, 0) is 4.79 Å². The Hall–Kier alpha value is -1.07. The molecule has 6 heteroatoms. The molecule has 0 aromatic heterocycles. The predicted octanol–water partition coefficient (Wildman–Crippen LogP) is 4.01. The largest absolute Gasteiger partial charge is 0.481 e. The first-order valence-corrected chi connectivity index (χ1v) is 8.08. The zero-order valence-electron chi connectivity index (χ0n) is 11.5. The van der Waals surface area contributed by atoms with E-state index in [9.17, 15) is 9.59 Å². The van der Waals surface area contributed by atoms with E-state index in [1.807, 2.05) is 0 Å². The topological polar surface area (TPSA) is 66.4 Å². The number of carbonyl (C=O) groups is 2. The molecule has 114 valence electrons. The van der Waals surface area contributed by atoms with Crippen molar-refractivity contribution < 1.29 is 14.7 Å². The van der Waals surface area contributed by atoms with Crippen LogP contribution in [0.1, 0.15) is 48.9 Å². The fourth-order valence-electron chi connectivity index (χ4n) is 2.85. The van der Waals surface area contributed by atoms with Gasteiger partial charge in [-0.2, -0.15) is 0 Å². The van der Waals surface area contributed by atoms with Gasteiger partial charge in [0.1, 0.15) is 0 Å². The van der Waals surface area contributed by atoms with Crippen molar-refractivity contribution in [2.45, 2.75) is 44.1 Å². The number of nitrogens with one attached hydrogen (secondary N) is 1. The van der Waals surface area contributed by atoms with Crippen LogP contribution in [0.5, 0.6) is 0 Å². The third kappa shape index (κ3) is 4.20. The van der Waals surface area contributed by atoms with Crippen molar-refractivity contribution in [2.75, 3.05) is 0 Å². The molecule has 0 radical (unpaired) electrons. The van der Waals surface area contributed by atoms with Crippen LogP contribution in [0, 0.1) is 0 Å². The summed E-state index contributed by atoms with van der Waals surface area (Å²) in [6.45, 7) is 0. The molecule has 0 heterocycles. The first kappa shape index (κ1) is 16.3. The maximum absolute atomic E-state index is 12.5. The number of benzene rings is 1. The molecule has 1 amide bonds. The fraction of sp³-hybridized carbons (Fsp3) is 0.467. The maximum atomic E-state index is 12.5. The van der Waals surface area contributed by atoms with Crippen molar-refractivity contribution in [3.63, 3.8) is 0 Å². The van der Waals surface area contributed by atoms with Gasteiger partial charge in [-0.3, -0.25) is 9.59 Å². The lowest BCUT2D eigenvalue weighted by molar-refractivity contribution is -0.139. The van der Waals surface area contributed by atoms with Crippen LogP contribution in [0.25, 0.3) is 0 Å². The Bertz CT molecular complexity index is 556. The summed E-state index contributed by atoms with van der Waals surface area (Å²) in [5.74, 6) is -1.14. The molecule has 0 saturated heterocycles. The number of hydrogen-bond donors (Lipinski definition) is 2. The van der Waals surface area contributed by atoms with E-state index in [2.05, 4.69) is 21.2 Å². The van der Waals surface area contributed by atoms with E-state index >= 15 is 0 Å². The van der Waals surface area contributed by atoms with Gasteiger partial charge >= 0.3 is 5.97 Å². The van der Waals surface area contributed by atoms with Gasteiger partial charge in [0.05, 0.1) is 17.5 Å². The van der Waals surface area contributed by atoms with E-state index < -0.39 is 11.5 Å². The average molecular weight is 375 g/mol. The molecule has 1 aliphatic rings. The molecule has 0 unspecified atom stereocenters. The number of carboxylic acid groups (broad SMARTS) is 1. The molecule has 0 aliphatic heterocycles. The van der Waals surface area contributed by atoms with Crippen molar-refractivity contribution in [1.82, 2.24) is 5.32 Å². The first-order chi connectivity index (χ1) is 9.92. The molecule has 1 aliphatic carbocycles. The van der Waals surface area contributed by atoms with Gasteiger partial charge in [-0.15, -0.1) is 0 Å². The van der Waals surface area contributed by atoms with Gasteiger partial charge < -0.3 is 10.4 Å². The highest BCUT2D eigenvalue weighted by molar-refractivity contribution is 9.10. The zero-order valence-corrected chi connectivity index (χ0v) is 13.8. The lowest BCUT2D eigenvalue weighted by Gasteiger charge is -2.37. The molecule has 1 fully saturated rings. The molecule has 2 rings (SSSR count). The van der Waals surface area contributed by atoms with Crippen molar-refractivity contribution in [2.24, 2.45) is 0 Å². The Morgan fingerprint density at radius 2 is 1.95 bits per heavy atom. The number of halogens is 2. The minimum Gasteiger partial charge on any atom is -0.481 e. The van der Waals surface area contributed by atoms with Gasteiger partial charge in [0.25, 0.3) is 5.91 Å². The summed E-state index contributed by atoms with van der Waals surface area (Å²) < 4.78 is 0.605. The van der Waals surface area contributed by atoms with E-state index in [4.69, 9.17) is 16.7 Å². The number of rotatable bonds is 4.